The van der Waals surface area contributed by atoms with E-state index in [0.29, 0.717) is 26.4 Å². The molecule has 0 saturated carbocycles. The molecular formula is C19H31N3O4. The van der Waals surface area contributed by atoms with Crippen molar-refractivity contribution in [3.8, 4) is 11.5 Å². The fraction of sp³-hybridized carbons (Fsp3) is 0.632. The summed E-state index contributed by atoms with van der Waals surface area (Å²) in [6, 6.07) is 6.05. The SMILES string of the molecule is CCOc1cc(CNC(=NC)NC(C)COC2CCOC2)ccc1OC. The Morgan fingerprint density at radius 2 is 2.23 bits per heavy atom. The van der Waals surface area contributed by atoms with Crippen LogP contribution in [0, 0.1) is 0 Å². The molecule has 2 rings (SSSR count). The van der Waals surface area contributed by atoms with Crippen LogP contribution in [0.5, 0.6) is 11.5 Å². The zero-order valence-electron chi connectivity index (χ0n) is 16.2. The van der Waals surface area contributed by atoms with Gasteiger partial charge in [-0.25, -0.2) is 0 Å². The van der Waals surface area contributed by atoms with Crippen LogP contribution in [0.2, 0.25) is 0 Å². The minimum atomic E-state index is 0.150. The molecule has 2 atom stereocenters. The molecule has 0 amide bonds. The van der Waals surface area contributed by atoms with Crippen molar-refractivity contribution >= 4 is 5.96 Å². The Bertz CT molecular complexity index is 574. The van der Waals surface area contributed by atoms with Crippen LogP contribution in [0.4, 0.5) is 0 Å². The van der Waals surface area contributed by atoms with Crippen molar-refractivity contribution < 1.29 is 18.9 Å². The average molecular weight is 365 g/mol. The second-order valence-corrected chi connectivity index (χ2v) is 6.21. The van der Waals surface area contributed by atoms with E-state index >= 15 is 0 Å². The Labute approximate surface area is 156 Å². The van der Waals surface area contributed by atoms with Crippen molar-refractivity contribution in [3.05, 3.63) is 23.8 Å². The number of nitrogens with zero attached hydrogens (tertiary/aromatic N) is 1. The number of methoxy groups -OCH3 is 1. The van der Waals surface area contributed by atoms with Crippen LogP contribution in [0.15, 0.2) is 23.2 Å². The van der Waals surface area contributed by atoms with Gasteiger partial charge in [0.1, 0.15) is 0 Å². The van der Waals surface area contributed by atoms with Gasteiger partial charge in [-0.2, -0.15) is 0 Å². The third-order valence-corrected chi connectivity index (χ3v) is 4.06. The van der Waals surface area contributed by atoms with E-state index in [0.717, 1.165) is 36.0 Å². The number of aliphatic imine (C=N–C) groups is 1. The predicted octanol–water partition coefficient (Wildman–Crippen LogP) is 1.95. The lowest BCUT2D eigenvalue weighted by molar-refractivity contribution is 0.0347. The lowest BCUT2D eigenvalue weighted by atomic mass is 10.2. The van der Waals surface area contributed by atoms with Gasteiger partial charge < -0.3 is 29.6 Å². The molecule has 1 heterocycles. The molecule has 1 fully saturated rings. The van der Waals surface area contributed by atoms with Gasteiger partial charge in [-0.1, -0.05) is 6.07 Å². The molecule has 146 valence electrons. The van der Waals surface area contributed by atoms with E-state index in [-0.39, 0.29) is 12.1 Å². The Morgan fingerprint density at radius 3 is 2.88 bits per heavy atom. The molecule has 2 N–H and O–H groups in total. The maximum absolute atomic E-state index is 5.84. The molecule has 0 bridgehead atoms. The van der Waals surface area contributed by atoms with E-state index in [9.17, 15) is 0 Å². The minimum absolute atomic E-state index is 0.150. The van der Waals surface area contributed by atoms with Crippen LogP contribution in [0.25, 0.3) is 0 Å². The van der Waals surface area contributed by atoms with E-state index in [2.05, 4.69) is 22.5 Å². The second-order valence-electron chi connectivity index (χ2n) is 6.21. The fourth-order valence-electron chi connectivity index (χ4n) is 2.68. The highest BCUT2D eigenvalue weighted by atomic mass is 16.5. The first kappa shape index (κ1) is 20.3. The first-order valence-corrected chi connectivity index (χ1v) is 9.12. The summed E-state index contributed by atoms with van der Waals surface area (Å²) in [7, 11) is 3.40. The standard InChI is InChI=1S/C19H31N3O4/c1-5-25-18-10-15(6-7-17(18)23-4)11-21-19(20-3)22-14(2)12-26-16-8-9-24-13-16/h6-7,10,14,16H,5,8-9,11-13H2,1-4H3,(H2,20,21,22). The van der Waals surface area contributed by atoms with Crippen molar-refractivity contribution in [1.29, 1.82) is 0 Å². The lowest BCUT2D eigenvalue weighted by Crippen LogP contribution is -2.44. The molecule has 0 spiro atoms. The summed E-state index contributed by atoms with van der Waals surface area (Å²) < 4.78 is 22.1. The first-order valence-electron chi connectivity index (χ1n) is 9.12. The third-order valence-electron chi connectivity index (χ3n) is 4.06. The number of hydrogen-bond acceptors (Lipinski definition) is 5. The van der Waals surface area contributed by atoms with Gasteiger partial charge in [0.25, 0.3) is 0 Å². The smallest absolute Gasteiger partial charge is 0.191 e. The fourth-order valence-corrected chi connectivity index (χ4v) is 2.68. The molecule has 1 aliphatic rings. The predicted molar refractivity (Wildman–Crippen MR) is 102 cm³/mol. The lowest BCUT2D eigenvalue weighted by Gasteiger charge is -2.20. The van der Waals surface area contributed by atoms with E-state index in [1.165, 1.54) is 0 Å². The molecular weight excluding hydrogens is 334 g/mol. The van der Waals surface area contributed by atoms with E-state index in [4.69, 9.17) is 18.9 Å². The van der Waals surface area contributed by atoms with Gasteiger partial charge >= 0.3 is 0 Å². The summed E-state index contributed by atoms with van der Waals surface area (Å²) in [6.07, 6.45) is 1.18. The first-order chi connectivity index (χ1) is 12.7. The molecule has 7 nitrogen and oxygen atoms in total. The number of benzene rings is 1. The summed E-state index contributed by atoms with van der Waals surface area (Å²) in [4.78, 5) is 4.27. The van der Waals surface area contributed by atoms with Crippen molar-refractivity contribution in [2.45, 2.75) is 39.0 Å². The summed E-state index contributed by atoms with van der Waals surface area (Å²) >= 11 is 0. The zero-order chi connectivity index (χ0) is 18.8. The van der Waals surface area contributed by atoms with Gasteiger partial charge in [0.05, 0.1) is 33.0 Å². The van der Waals surface area contributed by atoms with Crippen LogP contribution >= 0.6 is 0 Å². The zero-order valence-corrected chi connectivity index (χ0v) is 16.2. The van der Waals surface area contributed by atoms with Crippen molar-refractivity contribution in [1.82, 2.24) is 10.6 Å². The highest BCUT2D eigenvalue weighted by molar-refractivity contribution is 5.79. The van der Waals surface area contributed by atoms with Crippen LogP contribution in [0.1, 0.15) is 25.8 Å². The summed E-state index contributed by atoms with van der Waals surface area (Å²) in [5, 5.41) is 6.65. The molecule has 1 aromatic rings. The van der Waals surface area contributed by atoms with Gasteiger partial charge in [-0.3, -0.25) is 4.99 Å². The number of nitrogens with one attached hydrogen (secondary N) is 2. The second kappa shape index (κ2) is 10.9. The van der Waals surface area contributed by atoms with Crippen LogP contribution in [-0.2, 0) is 16.0 Å². The molecule has 0 aliphatic carbocycles. The quantitative estimate of drug-likeness (QED) is 0.515. The number of ether oxygens (including phenoxy) is 4. The molecule has 0 radical (unpaired) electrons. The third kappa shape index (κ3) is 6.38. The van der Waals surface area contributed by atoms with E-state index in [1.807, 2.05) is 25.1 Å². The average Bonchev–Trinajstić information content (AvgIpc) is 3.17. The van der Waals surface area contributed by atoms with Crippen LogP contribution in [-0.4, -0.2) is 58.7 Å². The molecule has 0 aromatic heterocycles. The normalized spacial score (nSPS) is 18.5. The Kier molecular flexibility index (Phi) is 8.50. The molecule has 1 aromatic carbocycles. The van der Waals surface area contributed by atoms with Gasteiger partial charge in [0.15, 0.2) is 17.5 Å². The van der Waals surface area contributed by atoms with Crippen molar-refractivity contribution in [2.75, 3.05) is 40.6 Å². The Hall–Kier alpha value is -1.99. The highest BCUT2D eigenvalue weighted by Gasteiger charge is 2.17. The summed E-state index contributed by atoms with van der Waals surface area (Å²) in [5.41, 5.74) is 1.09. The largest absolute Gasteiger partial charge is 0.493 e. The molecule has 2 unspecified atom stereocenters. The van der Waals surface area contributed by atoms with Gasteiger partial charge in [0.2, 0.25) is 0 Å². The van der Waals surface area contributed by atoms with Crippen molar-refractivity contribution in [3.63, 3.8) is 0 Å². The maximum atomic E-state index is 5.84. The van der Waals surface area contributed by atoms with E-state index < -0.39 is 0 Å². The number of rotatable bonds is 9. The number of guanidine groups is 1. The van der Waals surface area contributed by atoms with Gasteiger partial charge in [0, 0.05) is 26.2 Å². The van der Waals surface area contributed by atoms with Gasteiger partial charge in [-0.15, -0.1) is 0 Å². The molecule has 1 saturated heterocycles. The van der Waals surface area contributed by atoms with Crippen LogP contribution in [0.3, 0.4) is 0 Å². The molecule has 1 aliphatic heterocycles. The Morgan fingerprint density at radius 1 is 1.38 bits per heavy atom. The van der Waals surface area contributed by atoms with Gasteiger partial charge in [-0.05, 0) is 38.0 Å². The van der Waals surface area contributed by atoms with Crippen molar-refractivity contribution in [2.24, 2.45) is 4.99 Å². The summed E-state index contributed by atoms with van der Waals surface area (Å²) in [6.45, 7) is 7.36. The molecule has 7 heteroatoms. The molecule has 26 heavy (non-hydrogen) atoms. The highest BCUT2D eigenvalue weighted by Crippen LogP contribution is 2.27. The summed E-state index contributed by atoms with van der Waals surface area (Å²) in [5.74, 6) is 2.22. The van der Waals surface area contributed by atoms with Crippen LogP contribution < -0.4 is 20.1 Å². The monoisotopic (exact) mass is 365 g/mol. The maximum Gasteiger partial charge on any atom is 0.191 e. The minimum Gasteiger partial charge on any atom is -0.493 e. The Balaban J connectivity index is 1.81. The number of hydrogen-bond donors (Lipinski definition) is 2. The van der Waals surface area contributed by atoms with E-state index in [1.54, 1.807) is 14.2 Å². The topological polar surface area (TPSA) is 73.3 Å².